The van der Waals surface area contributed by atoms with Crippen molar-refractivity contribution in [2.24, 2.45) is 0 Å². The van der Waals surface area contributed by atoms with Gasteiger partial charge in [0.25, 0.3) is 0 Å². The molecule has 0 unspecified atom stereocenters. The molecule has 0 spiro atoms. The Hall–Kier alpha value is -1.64. The summed E-state index contributed by atoms with van der Waals surface area (Å²) in [6, 6.07) is 5.96. The molecule has 16 heavy (non-hydrogen) atoms. The molecular weight excluding hydrogens is 202 g/mol. The van der Waals surface area contributed by atoms with Gasteiger partial charge in [0.1, 0.15) is 5.78 Å². The summed E-state index contributed by atoms with van der Waals surface area (Å²) in [5.41, 5.74) is 3.43. The van der Waals surface area contributed by atoms with Crippen molar-refractivity contribution in [3.63, 3.8) is 0 Å². The monoisotopic (exact) mass is 217 g/mol. The number of anilines is 1. The van der Waals surface area contributed by atoms with Crippen molar-refractivity contribution in [1.82, 2.24) is 0 Å². The first-order chi connectivity index (χ1) is 7.66. The third kappa shape index (κ3) is 2.30. The van der Waals surface area contributed by atoms with Gasteiger partial charge in [-0.25, -0.2) is 0 Å². The third-order valence-corrected chi connectivity index (χ3v) is 2.83. The maximum absolute atomic E-state index is 11.5. The van der Waals surface area contributed by atoms with E-state index in [-0.39, 0.29) is 18.1 Å². The molecule has 1 aliphatic carbocycles. The number of aryl methyl sites for hydroxylation is 1. The molecule has 0 aromatic heterocycles. The quantitative estimate of drug-likeness (QED) is 0.788. The lowest BCUT2D eigenvalue weighted by Crippen LogP contribution is -2.15. The zero-order valence-electron chi connectivity index (χ0n) is 9.38. The fourth-order valence-corrected chi connectivity index (χ4v) is 2.16. The summed E-state index contributed by atoms with van der Waals surface area (Å²) in [6.45, 7) is 1.43. The number of hydrogen-bond donors (Lipinski definition) is 1. The van der Waals surface area contributed by atoms with E-state index in [1.54, 1.807) is 0 Å². The zero-order valence-corrected chi connectivity index (χ0v) is 9.38. The number of benzene rings is 1. The van der Waals surface area contributed by atoms with E-state index in [2.05, 4.69) is 11.4 Å². The van der Waals surface area contributed by atoms with E-state index in [0.717, 1.165) is 24.9 Å². The van der Waals surface area contributed by atoms with Crippen LogP contribution in [0.3, 0.4) is 0 Å². The largest absolute Gasteiger partial charge is 0.325 e. The Labute approximate surface area is 94.9 Å². The van der Waals surface area contributed by atoms with Gasteiger partial charge in [-0.15, -0.1) is 0 Å². The van der Waals surface area contributed by atoms with E-state index in [1.165, 1.54) is 18.1 Å². The van der Waals surface area contributed by atoms with Crippen molar-refractivity contribution < 1.29 is 9.59 Å². The van der Waals surface area contributed by atoms with Crippen molar-refractivity contribution >= 4 is 17.4 Å². The molecule has 2 rings (SSSR count). The highest BCUT2D eigenvalue weighted by Crippen LogP contribution is 2.28. The molecule has 3 nitrogen and oxygen atoms in total. The minimum absolute atomic E-state index is 0.0380. The Balaban J connectivity index is 2.13. The van der Waals surface area contributed by atoms with Gasteiger partial charge in [0.05, 0.1) is 6.42 Å². The lowest BCUT2D eigenvalue weighted by molar-refractivity contribution is -0.124. The first-order valence-corrected chi connectivity index (χ1v) is 5.57. The van der Waals surface area contributed by atoms with E-state index in [9.17, 15) is 9.59 Å². The van der Waals surface area contributed by atoms with Crippen LogP contribution in [0.4, 0.5) is 5.69 Å². The van der Waals surface area contributed by atoms with Gasteiger partial charge in [-0.2, -0.15) is 0 Å². The van der Waals surface area contributed by atoms with Crippen molar-refractivity contribution in [3.05, 3.63) is 29.3 Å². The van der Waals surface area contributed by atoms with Crippen molar-refractivity contribution in [2.75, 3.05) is 5.32 Å². The van der Waals surface area contributed by atoms with Gasteiger partial charge in [-0.05, 0) is 43.4 Å². The average molecular weight is 217 g/mol. The number of rotatable bonds is 3. The van der Waals surface area contributed by atoms with Crippen molar-refractivity contribution in [1.29, 1.82) is 0 Å². The highest BCUT2D eigenvalue weighted by atomic mass is 16.2. The Bertz CT molecular complexity index is 438. The first-order valence-electron chi connectivity index (χ1n) is 5.57. The van der Waals surface area contributed by atoms with Crippen LogP contribution in [0.1, 0.15) is 30.9 Å². The normalized spacial score (nSPS) is 13.3. The third-order valence-electron chi connectivity index (χ3n) is 2.83. The molecule has 0 atom stereocenters. The predicted molar refractivity (Wildman–Crippen MR) is 62.4 cm³/mol. The molecule has 0 saturated heterocycles. The molecule has 0 radical (unpaired) electrons. The number of nitrogens with one attached hydrogen (secondary N) is 1. The van der Waals surface area contributed by atoms with Crippen LogP contribution in [0.25, 0.3) is 0 Å². The maximum atomic E-state index is 11.5. The summed E-state index contributed by atoms with van der Waals surface area (Å²) in [7, 11) is 0. The smallest absolute Gasteiger partial charge is 0.231 e. The number of hydrogen-bond acceptors (Lipinski definition) is 2. The molecule has 1 aliphatic rings. The van der Waals surface area contributed by atoms with E-state index in [4.69, 9.17) is 0 Å². The van der Waals surface area contributed by atoms with Gasteiger partial charge in [0, 0.05) is 5.69 Å². The van der Waals surface area contributed by atoms with Gasteiger partial charge in [-0.1, -0.05) is 12.1 Å². The zero-order chi connectivity index (χ0) is 11.5. The summed E-state index contributed by atoms with van der Waals surface area (Å²) in [5, 5.41) is 2.81. The Morgan fingerprint density at radius 3 is 2.88 bits per heavy atom. The molecule has 84 valence electrons. The highest BCUT2D eigenvalue weighted by Gasteiger charge is 2.15. The molecule has 0 aliphatic heterocycles. The minimum atomic E-state index is -0.215. The SMILES string of the molecule is CC(=O)CC(=O)Nc1cccc2c1CCC2. The van der Waals surface area contributed by atoms with E-state index in [0.29, 0.717) is 0 Å². The van der Waals surface area contributed by atoms with Crippen LogP contribution in [-0.4, -0.2) is 11.7 Å². The topological polar surface area (TPSA) is 46.2 Å². The molecule has 0 bridgehead atoms. The predicted octanol–water partition coefficient (Wildman–Crippen LogP) is 2.09. The van der Waals surface area contributed by atoms with Crippen molar-refractivity contribution in [3.8, 4) is 0 Å². The molecular formula is C13H15NO2. The molecule has 0 heterocycles. The molecule has 1 amide bonds. The van der Waals surface area contributed by atoms with Crippen LogP contribution in [0, 0.1) is 0 Å². The van der Waals surface area contributed by atoms with Gasteiger partial charge in [0.2, 0.25) is 5.91 Å². The Kier molecular flexibility index (Phi) is 3.04. The lowest BCUT2D eigenvalue weighted by Gasteiger charge is -2.09. The Morgan fingerprint density at radius 2 is 2.12 bits per heavy atom. The van der Waals surface area contributed by atoms with Gasteiger partial charge in [0.15, 0.2) is 0 Å². The molecule has 0 saturated carbocycles. The van der Waals surface area contributed by atoms with Crippen molar-refractivity contribution in [2.45, 2.75) is 32.6 Å². The number of amides is 1. The second-order valence-electron chi connectivity index (χ2n) is 4.22. The Morgan fingerprint density at radius 1 is 1.31 bits per heavy atom. The number of Topliss-reactive ketones (excluding diaryl/α,β-unsaturated/α-hetero) is 1. The average Bonchev–Trinajstić information content (AvgIpc) is 2.65. The van der Waals surface area contributed by atoms with Crippen LogP contribution < -0.4 is 5.32 Å². The number of fused-ring (bicyclic) bond motifs is 1. The van der Waals surface area contributed by atoms with Crippen LogP contribution in [0.5, 0.6) is 0 Å². The van der Waals surface area contributed by atoms with E-state index < -0.39 is 0 Å². The van der Waals surface area contributed by atoms with Crippen LogP contribution in [0.2, 0.25) is 0 Å². The standard InChI is InChI=1S/C13H15NO2/c1-9(15)8-13(16)14-12-7-3-5-10-4-2-6-11(10)12/h3,5,7H,2,4,6,8H2,1H3,(H,14,16). The summed E-state index contributed by atoms with van der Waals surface area (Å²) in [6.07, 6.45) is 3.22. The highest BCUT2D eigenvalue weighted by molar-refractivity contribution is 6.03. The maximum Gasteiger partial charge on any atom is 0.231 e. The summed E-state index contributed by atoms with van der Waals surface area (Å²) in [4.78, 5) is 22.3. The number of ketones is 1. The van der Waals surface area contributed by atoms with Crippen LogP contribution in [0.15, 0.2) is 18.2 Å². The molecule has 0 fully saturated rings. The molecule has 1 aromatic rings. The summed E-state index contributed by atoms with van der Waals surface area (Å²) < 4.78 is 0. The molecule has 1 N–H and O–H groups in total. The van der Waals surface area contributed by atoms with Gasteiger partial charge in [-0.3, -0.25) is 9.59 Å². The fourth-order valence-electron chi connectivity index (χ4n) is 2.16. The summed E-state index contributed by atoms with van der Waals surface area (Å²) >= 11 is 0. The fraction of sp³-hybridized carbons (Fsp3) is 0.385. The number of carbonyl (C=O) groups excluding carboxylic acids is 2. The second kappa shape index (κ2) is 4.47. The van der Waals surface area contributed by atoms with E-state index in [1.807, 2.05) is 12.1 Å². The number of carbonyl (C=O) groups is 2. The van der Waals surface area contributed by atoms with Gasteiger partial charge < -0.3 is 5.32 Å². The lowest BCUT2D eigenvalue weighted by atomic mass is 10.1. The summed E-state index contributed by atoms with van der Waals surface area (Å²) in [5.74, 6) is -0.321. The first kappa shape index (κ1) is 10.9. The van der Waals surface area contributed by atoms with E-state index >= 15 is 0 Å². The van der Waals surface area contributed by atoms with Gasteiger partial charge >= 0.3 is 0 Å². The second-order valence-corrected chi connectivity index (χ2v) is 4.22. The molecule has 3 heteroatoms. The van der Waals surface area contributed by atoms with Crippen LogP contribution >= 0.6 is 0 Å². The minimum Gasteiger partial charge on any atom is -0.325 e. The molecule has 1 aromatic carbocycles. The van der Waals surface area contributed by atoms with Crippen LogP contribution in [-0.2, 0) is 22.4 Å².